The fourth-order valence-electron chi connectivity index (χ4n) is 7.73. The first-order valence-corrected chi connectivity index (χ1v) is 16.9. The van der Waals surface area contributed by atoms with Gasteiger partial charge < -0.3 is 14.2 Å². The Kier molecular flexibility index (Phi) is 5.86. The van der Waals surface area contributed by atoms with Crippen LogP contribution in [-0.2, 0) is 0 Å². The molecule has 0 aliphatic carbocycles. The number of ether oxygens (including phenoxy) is 3. The molecule has 0 spiro atoms. The van der Waals surface area contributed by atoms with Crippen molar-refractivity contribution in [3.63, 3.8) is 0 Å². The van der Waals surface area contributed by atoms with Gasteiger partial charge in [0.2, 0.25) is 0 Å². The summed E-state index contributed by atoms with van der Waals surface area (Å²) in [6.07, 6.45) is 0. The average molecular weight is 640 g/mol. The van der Waals surface area contributed by atoms with Crippen LogP contribution in [0.4, 0.5) is 17.1 Å². The lowest BCUT2D eigenvalue weighted by molar-refractivity contribution is 0.418. The number of nitrogens with zero attached hydrogens (tertiary/aromatic N) is 3. The van der Waals surface area contributed by atoms with Crippen LogP contribution in [0.1, 0.15) is 50.7 Å². The zero-order valence-corrected chi connectivity index (χ0v) is 27.7. The number of benzene rings is 6. The molecule has 0 amide bonds. The molecule has 238 valence electrons. The summed E-state index contributed by atoms with van der Waals surface area (Å²) in [5.74, 6) is 5.78. The number of imidazole rings is 1. The maximum Gasteiger partial charge on any atom is 0.166 e. The standard InChI is InChI=1S/C43H33N3O3/c1-24(2)27-14-8-15-28(25(3)4)37(27)46-38-29(26-12-6-5-7-13-26)16-9-17-31(38)44-43(46)30-22-23-36-41-42(30)49-35-21-11-20-34-40(35)45(41)39-32(47-34)18-10-19-33(39)48-36/h5-25H,1-4H3. The molecular weight excluding hydrogens is 606 g/mol. The molecule has 3 aliphatic heterocycles. The van der Waals surface area contributed by atoms with Gasteiger partial charge in [-0.1, -0.05) is 100 Å². The first-order chi connectivity index (χ1) is 24.0. The second-order valence-corrected chi connectivity index (χ2v) is 13.5. The Morgan fingerprint density at radius 1 is 0.490 bits per heavy atom. The quantitative estimate of drug-likeness (QED) is 0.188. The van der Waals surface area contributed by atoms with Gasteiger partial charge in [-0.3, -0.25) is 9.47 Å². The Morgan fingerprint density at radius 2 is 1.06 bits per heavy atom. The Bertz CT molecular complexity index is 2430. The molecular formula is C43H33N3O3. The van der Waals surface area contributed by atoms with E-state index in [1.54, 1.807) is 0 Å². The van der Waals surface area contributed by atoms with Crippen LogP contribution in [0.5, 0.6) is 34.5 Å². The van der Waals surface area contributed by atoms with Crippen molar-refractivity contribution in [2.75, 3.05) is 4.90 Å². The van der Waals surface area contributed by atoms with Crippen LogP contribution in [-0.4, -0.2) is 9.55 Å². The molecule has 49 heavy (non-hydrogen) atoms. The van der Waals surface area contributed by atoms with Crippen molar-refractivity contribution in [1.29, 1.82) is 0 Å². The largest absolute Gasteiger partial charge is 0.453 e. The molecule has 4 heterocycles. The highest BCUT2D eigenvalue weighted by Crippen LogP contribution is 2.67. The molecule has 0 N–H and O–H groups in total. The van der Waals surface area contributed by atoms with Gasteiger partial charge in [0.05, 0.1) is 22.3 Å². The minimum Gasteiger partial charge on any atom is -0.453 e. The van der Waals surface area contributed by atoms with Gasteiger partial charge in [0, 0.05) is 5.56 Å². The third-order valence-electron chi connectivity index (χ3n) is 9.91. The topological polar surface area (TPSA) is 48.8 Å². The minimum absolute atomic E-state index is 0.281. The van der Waals surface area contributed by atoms with Crippen molar-refractivity contribution in [2.45, 2.75) is 39.5 Å². The number of hydrogen-bond donors (Lipinski definition) is 0. The van der Waals surface area contributed by atoms with Crippen LogP contribution in [0, 0.1) is 0 Å². The summed E-state index contributed by atoms with van der Waals surface area (Å²) in [6.45, 7) is 9.08. The van der Waals surface area contributed by atoms with Crippen LogP contribution in [0.3, 0.4) is 0 Å². The monoisotopic (exact) mass is 639 g/mol. The van der Waals surface area contributed by atoms with E-state index in [1.807, 2.05) is 36.4 Å². The fourth-order valence-corrected chi connectivity index (χ4v) is 7.73. The van der Waals surface area contributed by atoms with Crippen LogP contribution in [0.25, 0.3) is 39.2 Å². The highest BCUT2D eigenvalue weighted by atomic mass is 16.5. The Hall–Kier alpha value is -6.01. The molecule has 0 fully saturated rings. The Labute approximate surface area is 284 Å². The molecule has 10 rings (SSSR count). The number of anilines is 3. The van der Waals surface area contributed by atoms with Gasteiger partial charge in [-0.2, -0.15) is 0 Å². The van der Waals surface area contributed by atoms with E-state index >= 15 is 0 Å². The highest BCUT2D eigenvalue weighted by molar-refractivity contribution is 6.03. The number of fused-ring (bicyclic) bond motifs is 1. The van der Waals surface area contributed by atoms with Gasteiger partial charge in [0.15, 0.2) is 34.5 Å². The van der Waals surface area contributed by atoms with Gasteiger partial charge in [-0.25, -0.2) is 4.98 Å². The lowest BCUT2D eigenvalue weighted by atomic mass is 9.92. The summed E-state index contributed by atoms with van der Waals surface area (Å²) in [6, 6.07) is 39.8. The van der Waals surface area contributed by atoms with E-state index in [0.29, 0.717) is 5.75 Å². The lowest BCUT2D eigenvalue weighted by Crippen LogP contribution is -2.24. The van der Waals surface area contributed by atoms with Crippen LogP contribution in [0.2, 0.25) is 0 Å². The van der Waals surface area contributed by atoms with Gasteiger partial charge in [0.1, 0.15) is 22.9 Å². The SMILES string of the molecule is CC(C)c1cccc(C(C)C)c1-n1c(-c2ccc3c4c2Oc2cccc5c2N4c2c(cccc2O3)O5)nc2cccc(-c3ccccc3)c21. The smallest absolute Gasteiger partial charge is 0.166 e. The molecule has 0 saturated carbocycles. The van der Waals surface area contributed by atoms with E-state index in [0.717, 1.165) is 79.4 Å². The second-order valence-electron chi connectivity index (χ2n) is 13.5. The van der Waals surface area contributed by atoms with E-state index in [9.17, 15) is 0 Å². The van der Waals surface area contributed by atoms with Gasteiger partial charge in [-0.15, -0.1) is 0 Å². The molecule has 0 saturated heterocycles. The predicted molar refractivity (Wildman–Crippen MR) is 195 cm³/mol. The zero-order valence-electron chi connectivity index (χ0n) is 27.7. The van der Waals surface area contributed by atoms with E-state index < -0.39 is 0 Å². The Morgan fingerprint density at radius 3 is 1.69 bits per heavy atom. The molecule has 6 heteroatoms. The summed E-state index contributed by atoms with van der Waals surface area (Å²) < 4.78 is 22.3. The summed E-state index contributed by atoms with van der Waals surface area (Å²) in [7, 11) is 0. The number of aromatic nitrogens is 2. The molecule has 0 unspecified atom stereocenters. The Balaban J connectivity index is 1.33. The first-order valence-electron chi connectivity index (χ1n) is 16.9. The molecule has 1 aromatic heterocycles. The average Bonchev–Trinajstić information content (AvgIpc) is 3.51. The molecule has 0 radical (unpaired) electrons. The van der Waals surface area contributed by atoms with Crippen molar-refractivity contribution >= 4 is 28.1 Å². The maximum absolute atomic E-state index is 6.94. The normalized spacial score (nSPS) is 13.3. The number of para-hydroxylation sites is 4. The van der Waals surface area contributed by atoms with Crippen molar-refractivity contribution in [3.8, 4) is 62.7 Å². The maximum atomic E-state index is 6.94. The molecule has 0 bridgehead atoms. The predicted octanol–water partition coefficient (Wildman–Crippen LogP) is 12.4. The first kappa shape index (κ1) is 28.0. The number of hydrogen-bond acceptors (Lipinski definition) is 5. The number of rotatable bonds is 5. The van der Waals surface area contributed by atoms with Crippen LogP contribution >= 0.6 is 0 Å². The summed E-state index contributed by atoms with van der Waals surface area (Å²) in [4.78, 5) is 7.74. The van der Waals surface area contributed by atoms with Gasteiger partial charge in [0.25, 0.3) is 0 Å². The second kappa shape index (κ2) is 10.2. The van der Waals surface area contributed by atoms with E-state index in [2.05, 4.69) is 116 Å². The zero-order chi connectivity index (χ0) is 33.0. The molecule has 7 aromatic rings. The third kappa shape index (κ3) is 3.91. The lowest BCUT2D eigenvalue weighted by Gasteiger charge is -2.42. The van der Waals surface area contributed by atoms with Crippen molar-refractivity contribution < 1.29 is 14.2 Å². The minimum atomic E-state index is 0.281. The molecule has 0 atom stereocenters. The van der Waals surface area contributed by atoms with Crippen molar-refractivity contribution in [3.05, 3.63) is 126 Å². The van der Waals surface area contributed by atoms with Gasteiger partial charge >= 0.3 is 0 Å². The van der Waals surface area contributed by atoms with Crippen molar-refractivity contribution in [2.24, 2.45) is 0 Å². The van der Waals surface area contributed by atoms with Crippen LogP contribution < -0.4 is 19.1 Å². The molecule has 6 aromatic carbocycles. The molecule has 3 aliphatic rings. The van der Waals surface area contributed by atoms with E-state index in [1.165, 1.54) is 16.8 Å². The summed E-state index contributed by atoms with van der Waals surface area (Å²) in [5, 5.41) is 0. The van der Waals surface area contributed by atoms with E-state index in [-0.39, 0.29) is 11.8 Å². The summed E-state index contributed by atoms with van der Waals surface area (Å²) in [5.41, 5.74) is 11.5. The fraction of sp³-hybridized carbons (Fsp3) is 0.140. The highest BCUT2D eigenvalue weighted by Gasteiger charge is 2.43. The van der Waals surface area contributed by atoms with Gasteiger partial charge in [-0.05, 0) is 71.0 Å². The third-order valence-corrected chi connectivity index (χ3v) is 9.91. The van der Waals surface area contributed by atoms with E-state index in [4.69, 9.17) is 19.2 Å². The molecule has 6 nitrogen and oxygen atoms in total. The summed E-state index contributed by atoms with van der Waals surface area (Å²) >= 11 is 0. The van der Waals surface area contributed by atoms with Crippen LogP contribution in [0.15, 0.2) is 115 Å². The van der Waals surface area contributed by atoms with Crippen molar-refractivity contribution in [1.82, 2.24) is 9.55 Å².